The van der Waals surface area contributed by atoms with Gasteiger partial charge in [0.2, 0.25) is 0 Å². The minimum Gasteiger partial charge on any atom is -0.289 e. The van der Waals surface area contributed by atoms with E-state index in [4.69, 9.17) is 0 Å². The van der Waals surface area contributed by atoms with Crippen LogP contribution in [0, 0.1) is 27.7 Å². The SMILES string of the molecule is Cc1ccc(C(=O)c2cc(C)sc2C)c(C)c1. The van der Waals surface area contributed by atoms with Gasteiger partial charge in [0.1, 0.15) is 0 Å². The molecule has 2 rings (SSSR count). The number of thiophene rings is 1. The lowest BCUT2D eigenvalue weighted by molar-refractivity contribution is 0.103. The van der Waals surface area contributed by atoms with Crippen LogP contribution in [0.4, 0.5) is 0 Å². The molecule has 2 aromatic rings. The molecule has 1 aromatic carbocycles. The Morgan fingerprint density at radius 3 is 2.24 bits per heavy atom. The molecule has 0 saturated carbocycles. The van der Waals surface area contributed by atoms with E-state index in [2.05, 4.69) is 6.07 Å². The third-order valence-electron chi connectivity index (χ3n) is 2.91. The summed E-state index contributed by atoms with van der Waals surface area (Å²) in [5, 5.41) is 0. The van der Waals surface area contributed by atoms with Gasteiger partial charge in [0, 0.05) is 20.9 Å². The van der Waals surface area contributed by atoms with E-state index in [1.165, 1.54) is 10.4 Å². The van der Waals surface area contributed by atoms with Gasteiger partial charge in [-0.15, -0.1) is 11.3 Å². The summed E-state index contributed by atoms with van der Waals surface area (Å²) >= 11 is 1.68. The zero-order chi connectivity index (χ0) is 12.6. The Labute approximate surface area is 106 Å². The maximum absolute atomic E-state index is 12.4. The van der Waals surface area contributed by atoms with E-state index in [0.29, 0.717) is 0 Å². The predicted molar refractivity (Wildman–Crippen MR) is 73.1 cm³/mol. The molecule has 0 radical (unpaired) electrons. The van der Waals surface area contributed by atoms with Crippen molar-refractivity contribution in [2.45, 2.75) is 27.7 Å². The van der Waals surface area contributed by atoms with E-state index in [1.807, 2.05) is 45.9 Å². The number of hydrogen-bond acceptors (Lipinski definition) is 2. The second-order valence-electron chi connectivity index (χ2n) is 4.47. The summed E-state index contributed by atoms with van der Waals surface area (Å²) in [4.78, 5) is 14.7. The van der Waals surface area contributed by atoms with Crippen LogP contribution in [0.3, 0.4) is 0 Å². The molecule has 0 atom stereocenters. The van der Waals surface area contributed by atoms with Gasteiger partial charge in [0.05, 0.1) is 0 Å². The average molecular weight is 244 g/mol. The molecular formula is C15H16OS. The van der Waals surface area contributed by atoms with E-state index in [9.17, 15) is 4.79 Å². The van der Waals surface area contributed by atoms with Crippen LogP contribution in [0.2, 0.25) is 0 Å². The fourth-order valence-electron chi connectivity index (χ4n) is 2.07. The Kier molecular flexibility index (Phi) is 3.16. The third kappa shape index (κ3) is 2.32. The first-order valence-electron chi connectivity index (χ1n) is 5.68. The molecule has 2 heteroatoms. The molecule has 0 saturated heterocycles. The van der Waals surface area contributed by atoms with Crippen LogP contribution in [0.5, 0.6) is 0 Å². The van der Waals surface area contributed by atoms with Crippen LogP contribution in [-0.2, 0) is 0 Å². The highest BCUT2D eigenvalue weighted by Gasteiger charge is 2.15. The lowest BCUT2D eigenvalue weighted by atomic mass is 9.98. The molecular weight excluding hydrogens is 228 g/mol. The van der Waals surface area contributed by atoms with Gasteiger partial charge in [-0.3, -0.25) is 4.79 Å². The van der Waals surface area contributed by atoms with Crippen LogP contribution < -0.4 is 0 Å². The van der Waals surface area contributed by atoms with Crippen molar-refractivity contribution in [1.82, 2.24) is 0 Å². The fraction of sp³-hybridized carbons (Fsp3) is 0.267. The summed E-state index contributed by atoms with van der Waals surface area (Å²) < 4.78 is 0. The first kappa shape index (κ1) is 12.1. The van der Waals surface area contributed by atoms with Gasteiger partial charge in [0.15, 0.2) is 5.78 Å². The summed E-state index contributed by atoms with van der Waals surface area (Å²) in [5.74, 6) is 0.143. The summed E-state index contributed by atoms with van der Waals surface area (Å²) in [6, 6.07) is 7.97. The molecule has 1 nitrogen and oxygen atoms in total. The molecule has 0 spiro atoms. The quantitative estimate of drug-likeness (QED) is 0.723. The zero-order valence-corrected chi connectivity index (χ0v) is 11.4. The molecule has 88 valence electrons. The van der Waals surface area contributed by atoms with Crippen molar-refractivity contribution in [3.05, 3.63) is 56.3 Å². The molecule has 0 unspecified atom stereocenters. The highest BCUT2D eigenvalue weighted by atomic mass is 32.1. The monoisotopic (exact) mass is 244 g/mol. The van der Waals surface area contributed by atoms with Crippen molar-refractivity contribution in [3.8, 4) is 0 Å². The number of aryl methyl sites for hydroxylation is 4. The van der Waals surface area contributed by atoms with E-state index in [1.54, 1.807) is 11.3 Å². The van der Waals surface area contributed by atoms with Gasteiger partial charge in [0.25, 0.3) is 0 Å². The average Bonchev–Trinajstić information content (AvgIpc) is 2.57. The van der Waals surface area contributed by atoms with Crippen molar-refractivity contribution in [2.24, 2.45) is 0 Å². The first-order valence-corrected chi connectivity index (χ1v) is 6.49. The first-order chi connectivity index (χ1) is 7.99. The molecule has 0 aliphatic heterocycles. The van der Waals surface area contributed by atoms with Crippen molar-refractivity contribution < 1.29 is 4.79 Å². The minimum absolute atomic E-state index is 0.143. The highest BCUT2D eigenvalue weighted by molar-refractivity contribution is 7.12. The molecule has 17 heavy (non-hydrogen) atoms. The van der Waals surface area contributed by atoms with Gasteiger partial charge in [-0.25, -0.2) is 0 Å². The fourth-order valence-corrected chi connectivity index (χ4v) is 2.99. The summed E-state index contributed by atoms with van der Waals surface area (Å²) in [5.41, 5.74) is 3.91. The normalized spacial score (nSPS) is 10.6. The van der Waals surface area contributed by atoms with Crippen molar-refractivity contribution in [1.29, 1.82) is 0 Å². The standard InChI is InChI=1S/C15H16OS/c1-9-5-6-13(10(2)7-9)15(16)14-8-11(3)17-12(14)4/h5-8H,1-4H3. The van der Waals surface area contributed by atoms with Crippen LogP contribution in [-0.4, -0.2) is 5.78 Å². The largest absolute Gasteiger partial charge is 0.289 e. The van der Waals surface area contributed by atoms with Gasteiger partial charge in [-0.1, -0.05) is 23.8 Å². The van der Waals surface area contributed by atoms with Crippen LogP contribution in [0.25, 0.3) is 0 Å². The number of carbonyl (C=O) groups excluding carboxylic acids is 1. The van der Waals surface area contributed by atoms with Crippen LogP contribution in [0.1, 0.15) is 36.8 Å². The Morgan fingerprint density at radius 2 is 1.71 bits per heavy atom. The third-order valence-corrected chi connectivity index (χ3v) is 3.88. The summed E-state index contributed by atoms with van der Waals surface area (Å²) in [6.45, 7) is 8.08. The second kappa shape index (κ2) is 4.46. The lowest BCUT2D eigenvalue weighted by Crippen LogP contribution is -2.03. The Morgan fingerprint density at radius 1 is 1.00 bits per heavy atom. The minimum atomic E-state index is 0.143. The number of rotatable bonds is 2. The van der Waals surface area contributed by atoms with Crippen molar-refractivity contribution in [3.63, 3.8) is 0 Å². The van der Waals surface area contributed by atoms with Crippen molar-refractivity contribution >= 4 is 17.1 Å². The van der Waals surface area contributed by atoms with Crippen molar-refractivity contribution in [2.75, 3.05) is 0 Å². The second-order valence-corrected chi connectivity index (χ2v) is 5.93. The molecule has 0 aliphatic rings. The molecule has 1 aromatic heterocycles. The maximum atomic E-state index is 12.4. The topological polar surface area (TPSA) is 17.1 Å². The molecule has 0 aliphatic carbocycles. The predicted octanol–water partition coefficient (Wildman–Crippen LogP) is 4.21. The Bertz CT molecular complexity index is 579. The number of carbonyl (C=O) groups is 1. The van der Waals surface area contributed by atoms with E-state index < -0.39 is 0 Å². The number of hydrogen-bond donors (Lipinski definition) is 0. The molecule has 0 bridgehead atoms. The smallest absolute Gasteiger partial charge is 0.194 e. The van der Waals surface area contributed by atoms with E-state index in [-0.39, 0.29) is 5.78 Å². The molecule has 0 fully saturated rings. The number of ketones is 1. The highest BCUT2D eigenvalue weighted by Crippen LogP contribution is 2.24. The van der Waals surface area contributed by atoms with E-state index in [0.717, 1.165) is 21.6 Å². The zero-order valence-electron chi connectivity index (χ0n) is 10.6. The van der Waals surface area contributed by atoms with Gasteiger partial charge in [-0.05, 0) is 39.3 Å². The van der Waals surface area contributed by atoms with Gasteiger partial charge in [-0.2, -0.15) is 0 Å². The summed E-state index contributed by atoms with van der Waals surface area (Å²) in [6.07, 6.45) is 0. The Balaban J connectivity index is 2.47. The molecule has 0 amide bonds. The van der Waals surface area contributed by atoms with E-state index >= 15 is 0 Å². The van der Waals surface area contributed by atoms with Crippen LogP contribution >= 0.6 is 11.3 Å². The molecule has 1 heterocycles. The lowest BCUT2D eigenvalue weighted by Gasteiger charge is -2.05. The Hall–Kier alpha value is -1.41. The number of benzene rings is 1. The van der Waals surface area contributed by atoms with Gasteiger partial charge >= 0.3 is 0 Å². The van der Waals surface area contributed by atoms with Gasteiger partial charge < -0.3 is 0 Å². The maximum Gasteiger partial charge on any atom is 0.194 e. The van der Waals surface area contributed by atoms with Crippen LogP contribution in [0.15, 0.2) is 24.3 Å². The molecule has 0 N–H and O–H groups in total. The summed E-state index contributed by atoms with van der Waals surface area (Å²) in [7, 11) is 0.